The first-order valence-electron chi connectivity index (χ1n) is 9.15. The number of hydrogen-bond donors (Lipinski definition) is 1. The molecule has 0 bridgehead atoms. The second-order valence-corrected chi connectivity index (χ2v) is 8.23. The van der Waals surface area contributed by atoms with Crippen LogP contribution in [0.3, 0.4) is 0 Å². The first kappa shape index (κ1) is 19.7. The first-order chi connectivity index (χ1) is 12.9. The summed E-state index contributed by atoms with van der Waals surface area (Å²) >= 11 is 11.6. The molecule has 2 aliphatic carbocycles. The van der Waals surface area contributed by atoms with Crippen LogP contribution in [0.15, 0.2) is 48.5 Å². The molecule has 0 unspecified atom stereocenters. The fraction of sp³-hybridized carbons (Fsp3) is 0.364. The highest BCUT2D eigenvalue weighted by molar-refractivity contribution is 6.30. The smallest absolute Gasteiger partial charge is 0.228 e. The summed E-state index contributed by atoms with van der Waals surface area (Å²) in [4.78, 5) is 11.4. The Morgan fingerprint density at radius 2 is 1.30 bits per heavy atom. The third-order valence-corrected chi connectivity index (χ3v) is 6.40. The van der Waals surface area contributed by atoms with E-state index in [4.69, 9.17) is 34.2 Å². The van der Waals surface area contributed by atoms with Gasteiger partial charge in [0.2, 0.25) is 5.91 Å². The summed E-state index contributed by atoms with van der Waals surface area (Å²) in [5.74, 6) is -0.217. The summed E-state index contributed by atoms with van der Waals surface area (Å²) in [5, 5.41) is 10.5. The van der Waals surface area contributed by atoms with Crippen molar-refractivity contribution < 1.29 is 4.79 Å². The number of nitrogens with two attached hydrogens (primary N) is 1. The van der Waals surface area contributed by atoms with E-state index in [9.17, 15) is 4.79 Å². The van der Waals surface area contributed by atoms with Crippen LogP contribution in [0.4, 0.5) is 0 Å². The number of carbonyl (C=O) groups is 1. The zero-order chi connectivity index (χ0) is 19.5. The number of benzene rings is 2. The number of amides is 1. The highest BCUT2D eigenvalue weighted by atomic mass is 35.5. The van der Waals surface area contributed by atoms with Crippen LogP contribution in [0.2, 0.25) is 10.0 Å². The van der Waals surface area contributed by atoms with Crippen LogP contribution in [0, 0.1) is 11.3 Å². The van der Waals surface area contributed by atoms with E-state index in [1.54, 1.807) is 12.1 Å². The number of nitriles is 1. The lowest BCUT2D eigenvalue weighted by Gasteiger charge is -2.39. The maximum absolute atomic E-state index is 11.4. The molecule has 0 atom stereocenters. The SMILES string of the molecule is N#CC1(c2ccc(Cl)cc2)CCC1.NC(=O)C1(c2ccc(Cl)cc2)CCC1. The lowest BCUT2D eigenvalue weighted by Crippen LogP contribution is -2.46. The zero-order valence-electron chi connectivity index (χ0n) is 15.1. The van der Waals surface area contributed by atoms with Crippen LogP contribution in [-0.4, -0.2) is 5.91 Å². The van der Waals surface area contributed by atoms with Crippen molar-refractivity contribution in [3.8, 4) is 6.07 Å². The van der Waals surface area contributed by atoms with Gasteiger partial charge in [0.05, 0.1) is 16.9 Å². The second-order valence-electron chi connectivity index (χ2n) is 7.36. The van der Waals surface area contributed by atoms with Gasteiger partial charge in [-0.2, -0.15) is 5.26 Å². The quantitative estimate of drug-likeness (QED) is 0.735. The van der Waals surface area contributed by atoms with Gasteiger partial charge >= 0.3 is 0 Å². The molecule has 3 nitrogen and oxygen atoms in total. The average Bonchev–Trinajstić information content (AvgIpc) is 2.57. The topological polar surface area (TPSA) is 66.9 Å². The van der Waals surface area contributed by atoms with Crippen LogP contribution in [0.5, 0.6) is 0 Å². The predicted molar refractivity (Wildman–Crippen MR) is 109 cm³/mol. The number of primary amides is 1. The van der Waals surface area contributed by atoms with Gasteiger partial charge in [-0.25, -0.2) is 0 Å². The minimum atomic E-state index is -0.412. The van der Waals surface area contributed by atoms with Crippen molar-refractivity contribution in [2.45, 2.75) is 49.4 Å². The van der Waals surface area contributed by atoms with Gasteiger partial charge in [0.25, 0.3) is 0 Å². The first-order valence-corrected chi connectivity index (χ1v) is 9.91. The minimum absolute atomic E-state index is 0.204. The standard InChI is InChI=1S/C11H12ClNO.C11H10ClN/c12-9-4-2-8(3-5-9)11(10(13)14)6-1-7-11;12-10-4-2-9(3-5-10)11(8-13)6-1-7-11/h2-5H,1,6-7H2,(H2,13,14);2-5H,1,6-7H2. The lowest BCUT2D eigenvalue weighted by molar-refractivity contribution is -0.126. The van der Waals surface area contributed by atoms with E-state index in [1.165, 1.54) is 0 Å². The van der Waals surface area contributed by atoms with Crippen molar-refractivity contribution in [2.75, 3.05) is 0 Å². The van der Waals surface area contributed by atoms with Crippen molar-refractivity contribution >= 4 is 29.1 Å². The Bertz CT molecular complexity index is 845. The summed E-state index contributed by atoms with van der Waals surface area (Å²) in [6, 6.07) is 17.4. The Kier molecular flexibility index (Phi) is 5.79. The molecular weight excluding hydrogens is 379 g/mol. The largest absolute Gasteiger partial charge is 0.369 e. The molecule has 4 rings (SSSR count). The van der Waals surface area contributed by atoms with Crippen molar-refractivity contribution in [1.29, 1.82) is 5.26 Å². The number of hydrogen-bond acceptors (Lipinski definition) is 2. The second kappa shape index (κ2) is 7.92. The predicted octanol–water partition coefficient (Wildman–Crippen LogP) is 5.53. The highest BCUT2D eigenvalue weighted by Gasteiger charge is 2.44. The average molecular weight is 401 g/mol. The van der Waals surface area contributed by atoms with E-state index < -0.39 is 5.41 Å². The zero-order valence-corrected chi connectivity index (χ0v) is 16.6. The monoisotopic (exact) mass is 400 g/mol. The van der Waals surface area contributed by atoms with E-state index in [1.807, 2.05) is 36.4 Å². The molecule has 5 heteroatoms. The highest BCUT2D eigenvalue weighted by Crippen LogP contribution is 2.44. The van der Waals surface area contributed by atoms with Crippen LogP contribution < -0.4 is 5.73 Å². The molecule has 2 aliphatic rings. The molecule has 2 aromatic rings. The van der Waals surface area contributed by atoms with Crippen LogP contribution in [0.1, 0.15) is 49.7 Å². The minimum Gasteiger partial charge on any atom is -0.369 e. The van der Waals surface area contributed by atoms with E-state index in [-0.39, 0.29) is 11.3 Å². The molecule has 0 heterocycles. The van der Waals surface area contributed by atoms with E-state index in [2.05, 4.69) is 6.07 Å². The summed E-state index contributed by atoms with van der Waals surface area (Å²) in [6.07, 6.45) is 5.95. The molecular formula is C22H22Cl2N2O. The van der Waals surface area contributed by atoms with Gasteiger partial charge in [-0.15, -0.1) is 0 Å². The van der Waals surface area contributed by atoms with Crippen molar-refractivity contribution in [3.63, 3.8) is 0 Å². The molecule has 2 N–H and O–H groups in total. The Labute approximate surface area is 170 Å². The fourth-order valence-electron chi connectivity index (χ4n) is 3.74. The maximum atomic E-state index is 11.4. The third kappa shape index (κ3) is 3.83. The molecule has 0 spiro atoms. The molecule has 140 valence electrons. The molecule has 2 fully saturated rings. The molecule has 0 aliphatic heterocycles. The summed E-state index contributed by atoms with van der Waals surface area (Å²) < 4.78 is 0. The van der Waals surface area contributed by atoms with Crippen molar-refractivity contribution in [2.24, 2.45) is 5.73 Å². The summed E-state index contributed by atoms with van der Waals surface area (Å²) in [7, 11) is 0. The molecule has 2 saturated carbocycles. The Morgan fingerprint density at radius 1 is 0.852 bits per heavy atom. The van der Waals surface area contributed by atoms with Gasteiger partial charge in [-0.3, -0.25) is 4.79 Å². The molecule has 0 aromatic heterocycles. The van der Waals surface area contributed by atoms with Gasteiger partial charge in [-0.05, 0) is 67.5 Å². The molecule has 1 amide bonds. The van der Waals surface area contributed by atoms with Crippen molar-refractivity contribution in [1.82, 2.24) is 0 Å². The maximum Gasteiger partial charge on any atom is 0.228 e. The molecule has 0 radical (unpaired) electrons. The van der Waals surface area contributed by atoms with Gasteiger partial charge < -0.3 is 5.73 Å². The molecule has 2 aromatic carbocycles. The van der Waals surface area contributed by atoms with Gasteiger partial charge in [-0.1, -0.05) is 53.9 Å². The molecule has 27 heavy (non-hydrogen) atoms. The van der Waals surface area contributed by atoms with Gasteiger partial charge in [0.15, 0.2) is 0 Å². The van der Waals surface area contributed by atoms with Crippen LogP contribution in [0.25, 0.3) is 0 Å². The van der Waals surface area contributed by atoms with Gasteiger partial charge in [0, 0.05) is 10.0 Å². The number of halogens is 2. The Hall–Kier alpha value is -2.02. The summed E-state index contributed by atoms with van der Waals surface area (Å²) in [6.45, 7) is 0. The molecule has 0 saturated heterocycles. The summed E-state index contributed by atoms with van der Waals surface area (Å²) in [5.41, 5.74) is 6.93. The lowest BCUT2D eigenvalue weighted by atomic mass is 9.64. The third-order valence-electron chi connectivity index (χ3n) is 5.89. The van der Waals surface area contributed by atoms with Crippen LogP contribution in [-0.2, 0) is 15.6 Å². The normalized spacial score (nSPS) is 18.7. The Morgan fingerprint density at radius 3 is 1.59 bits per heavy atom. The van der Waals surface area contributed by atoms with Crippen LogP contribution >= 0.6 is 23.2 Å². The number of carbonyl (C=O) groups excluding carboxylic acids is 1. The van der Waals surface area contributed by atoms with E-state index in [0.717, 1.165) is 54.7 Å². The van der Waals surface area contributed by atoms with Crippen molar-refractivity contribution in [3.05, 3.63) is 69.7 Å². The van der Waals surface area contributed by atoms with E-state index in [0.29, 0.717) is 5.02 Å². The Balaban J connectivity index is 0.000000156. The number of rotatable bonds is 3. The van der Waals surface area contributed by atoms with Gasteiger partial charge in [0.1, 0.15) is 0 Å². The van der Waals surface area contributed by atoms with E-state index >= 15 is 0 Å². The fourth-order valence-corrected chi connectivity index (χ4v) is 3.99. The number of nitrogens with zero attached hydrogens (tertiary/aromatic N) is 1.